The Labute approximate surface area is 135 Å². The summed E-state index contributed by atoms with van der Waals surface area (Å²) >= 11 is 1.56. The van der Waals surface area contributed by atoms with Crippen LogP contribution in [0.25, 0.3) is 0 Å². The number of rotatable bonds is 5. The van der Waals surface area contributed by atoms with Crippen LogP contribution in [0.3, 0.4) is 0 Å². The maximum Gasteiger partial charge on any atom is 0.306 e. The van der Waals surface area contributed by atoms with Gasteiger partial charge in [-0.15, -0.1) is 11.3 Å². The van der Waals surface area contributed by atoms with Crippen molar-refractivity contribution in [3.8, 4) is 0 Å². The molecule has 0 unspecified atom stereocenters. The van der Waals surface area contributed by atoms with Gasteiger partial charge in [-0.3, -0.25) is 9.59 Å². The van der Waals surface area contributed by atoms with Crippen LogP contribution in [0.4, 0.5) is 0 Å². The monoisotopic (exact) mass is 324 g/mol. The molecule has 122 valence electrons. The van der Waals surface area contributed by atoms with Gasteiger partial charge in [0, 0.05) is 17.0 Å². The van der Waals surface area contributed by atoms with Crippen LogP contribution in [0.2, 0.25) is 0 Å². The van der Waals surface area contributed by atoms with Gasteiger partial charge in [-0.1, -0.05) is 13.3 Å². The van der Waals surface area contributed by atoms with E-state index < -0.39 is 11.5 Å². The van der Waals surface area contributed by atoms with Crippen molar-refractivity contribution in [2.24, 2.45) is 11.8 Å². The molecule has 0 aromatic carbocycles. The first-order chi connectivity index (χ1) is 10.4. The molecule has 5 nitrogen and oxygen atoms in total. The van der Waals surface area contributed by atoms with Crippen molar-refractivity contribution >= 4 is 23.2 Å². The Balaban J connectivity index is 2.07. The van der Waals surface area contributed by atoms with E-state index in [0.717, 1.165) is 30.0 Å². The number of aromatic nitrogens is 1. The molecule has 2 rings (SSSR count). The highest BCUT2D eigenvalue weighted by Crippen LogP contribution is 2.32. The third-order valence-corrected chi connectivity index (χ3v) is 5.82. The molecule has 0 saturated heterocycles. The number of aliphatic carboxylic acids is 1. The Morgan fingerprint density at radius 3 is 2.68 bits per heavy atom. The van der Waals surface area contributed by atoms with Crippen LogP contribution in [0, 0.1) is 18.8 Å². The normalized spacial score (nSPS) is 24.5. The standard InChI is InChI=1S/C16H24N2O3S/c1-4-16(3,15-17-10(2)9-22-15)18-13(19)11-6-5-7-12(8-11)14(20)21/h9,11-12H,4-8H2,1-3H3,(H,18,19)(H,20,21)/t11-,12+,16+/m1/s1. The minimum atomic E-state index is -0.786. The maximum absolute atomic E-state index is 12.6. The summed E-state index contributed by atoms with van der Waals surface area (Å²) in [5.74, 6) is -1.42. The topological polar surface area (TPSA) is 79.3 Å². The molecule has 6 heteroatoms. The average Bonchev–Trinajstić information content (AvgIpc) is 2.94. The van der Waals surface area contributed by atoms with E-state index in [1.807, 2.05) is 26.2 Å². The van der Waals surface area contributed by atoms with Gasteiger partial charge in [-0.2, -0.15) is 0 Å². The number of nitrogens with zero attached hydrogens (tertiary/aromatic N) is 1. The molecule has 1 amide bonds. The molecule has 1 aliphatic carbocycles. The third-order valence-electron chi connectivity index (χ3n) is 4.59. The van der Waals surface area contributed by atoms with E-state index in [9.17, 15) is 9.59 Å². The number of hydrogen-bond donors (Lipinski definition) is 2. The molecule has 1 saturated carbocycles. The Hall–Kier alpha value is -1.43. The van der Waals surface area contributed by atoms with Gasteiger partial charge < -0.3 is 10.4 Å². The zero-order valence-corrected chi connectivity index (χ0v) is 14.2. The van der Waals surface area contributed by atoms with Crippen molar-refractivity contribution < 1.29 is 14.7 Å². The lowest BCUT2D eigenvalue weighted by atomic mass is 9.80. The summed E-state index contributed by atoms with van der Waals surface area (Å²) in [5.41, 5.74) is 0.476. The van der Waals surface area contributed by atoms with Crippen LogP contribution in [-0.2, 0) is 15.1 Å². The number of aryl methyl sites for hydroxylation is 1. The second-order valence-corrected chi connectivity index (χ2v) is 7.23. The van der Waals surface area contributed by atoms with Crippen molar-refractivity contribution in [2.45, 2.75) is 58.4 Å². The molecule has 0 radical (unpaired) electrons. The summed E-state index contributed by atoms with van der Waals surface area (Å²) in [7, 11) is 0. The van der Waals surface area contributed by atoms with Crippen LogP contribution in [0.15, 0.2) is 5.38 Å². The minimum Gasteiger partial charge on any atom is -0.481 e. The lowest BCUT2D eigenvalue weighted by Gasteiger charge is -2.32. The Bertz CT molecular complexity index is 557. The van der Waals surface area contributed by atoms with E-state index >= 15 is 0 Å². The molecule has 1 aliphatic rings. The number of nitrogens with one attached hydrogen (secondary N) is 1. The number of carbonyl (C=O) groups excluding carboxylic acids is 1. The van der Waals surface area contributed by atoms with Gasteiger partial charge in [0.25, 0.3) is 0 Å². The van der Waals surface area contributed by atoms with Gasteiger partial charge in [0.15, 0.2) is 0 Å². The summed E-state index contributed by atoms with van der Waals surface area (Å²) in [6.45, 7) is 5.95. The fourth-order valence-electron chi connectivity index (χ4n) is 2.93. The summed E-state index contributed by atoms with van der Waals surface area (Å²) in [6, 6.07) is 0. The molecule has 2 N–H and O–H groups in total. The number of carboxylic acid groups (broad SMARTS) is 1. The van der Waals surface area contributed by atoms with Gasteiger partial charge in [-0.05, 0) is 39.5 Å². The molecule has 0 spiro atoms. The van der Waals surface area contributed by atoms with E-state index in [1.54, 1.807) is 11.3 Å². The average molecular weight is 324 g/mol. The summed E-state index contributed by atoms with van der Waals surface area (Å²) < 4.78 is 0. The Morgan fingerprint density at radius 2 is 2.14 bits per heavy atom. The summed E-state index contributed by atoms with van der Waals surface area (Å²) in [5, 5.41) is 15.2. The van der Waals surface area contributed by atoms with Gasteiger partial charge in [0.05, 0.1) is 11.5 Å². The van der Waals surface area contributed by atoms with Crippen LogP contribution in [-0.4, -0.2) is 22.0 Å². The number of carbonyl (C=O) groups is 2. The molecule has 1 aromatic heterocycles. The predicted molar refractivity (Wildman–Crippen MR) is 85.7 cm³/mol. The number of carboxylic acids is 1. The minimum absolute atomic E-state index is 0.0387. The lowest BCUT2D eigenvalue weighted by Crippen LogP contribution is -2.46. The maximum atomic E-state index is 12.6. The quantitative estimate of drug-likeness (QED) is 0.872. The Kier molecular flexibility index (Phi) is 5.21. The smallest absolute Gasteiger partial charge is 0.306 e. The Morgan fingerprint density at radius 1 is 1.45 bits per heavy atom. The van der Waals surface area contributed by atoms with Gasteiger partial charge in [-0.25, -0.2) is 4.98 Å². The van der Waals surface area contributed by atoms with Crippen LogP contribution >= 0.6 is 11.3 Å². The van der Waals surface area contributed by atoms with Gasteiger partial charge in [0.2, 0.25) is 5.91 Å². The van der Waals surface area contributed by atoms with E-state index in [0.29, 0.717) is 12.8 Å². The highest BCUT2D eigenvalue weighted by atomic mass is 32.1. The van der Waals surface area contributed by atoms with Crippen LogP contribution in [0.5, 0.6) is 0 Å². The fourth-order valence-corrected chi connectivity index (χ4v) is 3.91. The molecule has 1 aromatic rings. The zero-order chi connectivity index (χ0) is 16.3. The highest BCUT2D eigenvalue weighted by molar-refractivity contribution is 7.09. The molecule has 0 aliphatic heterocycles. The van der Waals surface area contributed by atoms with Crippen molar-refractivity contribution in [2.75, 3.05) is 0 Å². The van der Waals surface area contributed by atoms with E-state index in [-0.39, 0.29) is 17.7 Å². The van der Waals surface area contributed by atoms with Gasteiger partial charge >= 0.3 is 5.97 Å². The highest BCUT2D eigenvalue weighted by Gasteiger charge is 2.35. The number of thiazole rings is 1. The summed E-state index contributed by atoms with van der Waals surface area (Å²) in [4.78, 5) is 28.2. The first-order valence-electron chi connectivity index (χ1n) is 7.83. The fraction of sp³-hybridized carbons (Fsp3) is 0.688. The van der Waals surface area contributed by atoms with E-state index in [4.69, 9.17) is 5.11 Å². The van der Waals surface area contributed by atoms with Crippen molar-refractivity contribution in [1.82, 2.24) is 10.3 Å². The van der Waals surface area contributed by atoms with Crippen molar-refractivity contribution in [3.63, 3.8) is 0 Å². The largest absolute Gasteiger partial charge is 0.481 e. The molecule has 3 atom stereocenters. The molecule has 0 bridgehead atoms. The summed E-state index contributed by atoms with van der Waals surface area (Å²) in [6.07, 6.45) is 3.44. The number of hydrogen-bond acceptors (Lipinski definition) is 4. The molecule has 1 fully saturated rings. The van der Waals surface area contributed by atoms with E-state index in [2.05, 4.69) is 10.3 Å². The van der Waals surface area contributed by atoms with Crippen LogP contribution in [0.1, 0.15) is 56.7 Å². The number of amides is 1. The van der Waals surface area contributed by atoms with Crippen LogP contribution < -0.4 is 5.32 Å². The lowest BCUT2D eigenvalue weighted by molar-refractivity contribution is -0.144. The second-order valence-electron chi connectivity index (χ2n) is 6.37. The van der Waals surface area contributed by atoms with Crippen molar-refractivity contribution in [3.05, 3.63) is 16.1 Å². The zero-order valence-electron chi connectivity index (χ0n) is 13.4. The SMILES string of the molecule is CC[C@](C)(NC(=O)[C@@H]1CCC[C@H](C(=O)O)C1)c1nc(C)cs1. The van der Waals surface area contributed by atoms with Crippen molar-refractivity contribution in [1.29, 1.82) is 0 Å². The molecular weight excluding hydrogens is 300 g/mol. The predicted octanol–water partition coefficient (Wildman–Crippen LogP) is 3.08. The van der Waals surface area contributed by atoms with E-state index in [1.165, 1.54) is 0 Å². The molecule has 22 heavy (non-hydrogen) atoms. The third kappa shape index (κ3) is 3.66. The first kappa shape index (κ1) is 16.9. The molecular formula is C16H24N2O3S. The first-order valence-corrected chi connectivity index (χ1v) is 8.71. The molecule has 1 heterocycles. The van der Waals surface area contributed by atoms with Gasteiger partial charge in [0.1, 0.15) is 5.01 Å². The second kappa shape index (κ2) is 6.77.